The number of rotatable bonds is 6. The minimum absolute atomic E-state index is 0.00452. The smallest absolute Gasteiger partial charge is 0.0705 e. The summed E-state index contributed by atoms with van der Waals surface area (Å²) >= 11 is 0. The van der Waals surface area contributed by atoms with Gasteiger partial charge in [0.2, 0.25) is 0 Å². The van der Waals surface area contributed by atoms with Crippen LogP contribution in [0, 0.1) is 5.92 Å². The van der Waals surface area contributed by atoms with Crippen molar-refractivity contribution in [1.82, 2.24) is 4.98 Å². The van der Waals surface area contributed by atoms with Crippen LogP contribution in [0.15, 0.2) is 94.9 Å². The topological polar surface area (TPSA) is 37.6 Å². The molecule has 0 aliphatic carbocycles. The highest BCUT2D eigenvalue weighted by Crippen LogP contribution is 2.34. The molecular weight excluding hydrogens is 462 g/mol. The first-order valence-electron chi connectivity index (χ1n) is 13.6. The lowest BCUT2D eigenvalue weighted by atomic mass is 9.85. The summed E-state index contributed by atoms with van der Waals surface area (Å²) in [5, 5.41) is 1.15. The highest BCUT2D eigenvalue weighted by atomic mass is 14.8. The first-order chi connectivity index (χ1) is 17.9. The fourth-order valence-corrected chi connectivity index (χ4v) is 4.98. The van der Waals surface area contributed by atoms with Gasteiger partial charge in [-0.15, -0.1) is 0 Å². The van der Waals surface area contributed by atoms with Gasteiger partial charge in [0.25, 0.3) is 0 Å². The molecule has 0 amide bonds. The number of pyridine rings is 1. The van der Waals surface area contributed by atoms with Crippen LogP contribution >= 0.6 is 0 Å². The molecule has 196 valence electrons. The van der Waals surface area contributed by atoms with E-state index in [0.29, 0.717) is 0 Å². The fraction of sp³-hybridized carbons (Fsp3) is 0.343. The van der Waals surface area contributed by atoms with Crippen LogP contribution < -0.4 is 0 Å². The second-order valence-electron chi connectivity index (χ2n) is 12.3. The summed E-state index contributed by atoms with van der Waals surface area (Å²) in [4.78, 5) is 15.4. The zero-order chi connectivity index (χ0) is 27.5. The Balaban J connectivity index is 1.81. The Morgan fingerprint density at radius 3 is 1.63 bits per heavy atom. The number of para-hydroxylation sites is 3. The Kier molecular flexibility index (Phi) is 7.97. The molecule has 0 unspecified atom stereocenters. The summed E-state index contributed by atoms with van der Waals surface area (Å²) in [6.45, 7) is 17.7. The first-order valence-corrected chi connectivity index (χ1v) is 13.6. The van der Waals surface area contributed by atoms with E-state index >= 15 is 0 Å². The van der Waals surface area contributed by atoms with Crippen LogP contribution in [0.2, 0.25) is 0 Å². The zero-order valence-electron chi connectivity index (χ0n) is 24.2. The Hall–Kier alpha value is -3.59. The summed E-state index contributed by atoms with van der Waals surface area (Å²) in [6.07, 6.45) is 0.741. The lowest BCUT2D eigenvalue weighted by Gasteiger charge is -2.24. The third kappa shape index (κ3) is 6.45. The van der Waals surface area contributed by atoms with Crippen LogP contribution in [0.4, 0.5) is 11.4 Å². The second kappa shape index (κ2) is 11.0. The van der Waals surface area contributed by atoms with Crippen molar-refractivity contribution in [3.05, 3.63) is 102 Å². The molecule has 1 aromatic heterocycles. The van der Waals surface area contributed by atoms with Crippen molar-refractivity contribution in [3.63, 3.8) is 0 Å². The third-order valence-electron chi connectivity index (χ3n) is 7.10. The predicted molar refractivity (Wildman–Crippen MR) is 165 cm³/mol. The molecule has 0 spiro atoms. The Labute approximate surface area is 228 Å². The fourth-order valence-electron chi connectivity index (χ4n) is 4.98. The van der Waals surface area contributed by atoms with Crippen molar-refractivity contribution in [2.24, 2.45) is 15.9 Å². The molecule has 0 radical (unpaired) electrons. The van der Waals surface area contributed by atoms with Crippen molar-refractivity contribution in [3.8, 4) is 0 Å². The van der Waals surface area contributed by atoms with E-state index in [1.54, 1.807) is 0 Å². The molecular formula is C35H41N3. The van der Waals surface area contributed by atoms with Gasteiger partial charge < -0.3 is 0 Å². The summed E-state index contributed by atoms with van der Waals surface area (Å²) < 4.78 is 0. The largest absolute Gasteiger partial charge is 0.257 e. The van der Waals surface area contributed by atoms with E-state index in [-0.39, 0.29) is 16.7 Å². The van der Waals surface area contributed by atoms with Crippen molar-refractivity contribution < 1.29 is 0 Å². The lowest BCUT2D eigenvalue weighted by molar-refractivity contribution is 0.591. The maximum Gasteiger partial charge on any atom is 0.0705 e. The Morgan fingerprint density at radius 1 is 0.632 bits per heavy atom. The molecule has 4 rings (SSSR count). The Morgan fingerprint density at radius 2 is 1.11 bits per heavy atom. The highest BCUT2D eigenvalue weighted by Gasteiger charge is 2.23. The average molecular weight is 504 g/mol. The standard InChI is InChI=1S/C35H41N3/c1-24(36-32-19-13-10-16-29(32)34(3,4)5)28(23-27-22-21-26-15-9-12-18-31(26)38-27)25(2)37-33-20-14-11-17-30(33)35(6,7)8/h9-22,28H,23H2,1-8H3. The minimum Gasteiger partial charge on any atom is -0.257 e. The van der Waals surface area contributed by atoms with Crippen LogP contribution in [0.5, 0.6) is 0 Å². The number of hydrogen-bond acceptors (Lipinski definition) is 3. The van der Waals surface area contributed by atoms with Gasteiger partial charge in [-0.25, -0.2) is 0 Å². The second-order valence-corrected chi connectivity index (χ2v) is 12.3. The van der Waals surface area contributed by atoms with Crippen LogP contribution in [-0.4, -0.2) is 16.4 Å². The first kappa shape index (κ1) is 27.4. The lowest BCUT2D eigenvalue weighted by Crippen LogP contribution is -2.23. The molecule has 0 fully saturated rings. The van der Waals surface area contributed by atoms with Gasteiger partial charge in [0.15, 0.2) is 0 Å². The van der Waals surface area contributed by atoms with Gasteiger partial charge in [0.1, 0.15) is 0 Å². The maximum atomic E-state index is 5.23. The number of aliphatic imine (C=N–C) groups is 2. The molecule has 0 atom stereocenters. The molecule has 0 N–H and O–H groups in total. The van der Waals surface area contributed by atoms with E-state index in [4.69, 9.17) is 15.0 Å². The summed E-state index contributed by atoms with van der Waals surface area (Å²) in [5.74, 6) is 0.0183. The molecule has 1 heterocycles. The molecule has 0 aliphatic heterocycles. The highest BCUT2D eigenvalue weighted by molar-refractivity contribution is 6.07. The van der Waals surface area contributed by atoms with Crippen molar-refractivity contribution in [1.29, 1.82) is 0 Å². The van der Waals surface area contributed by atoms with E-state index in [1.807, 2.05) is 6.07 Å². The summed E-state index contributed by atoms with van der Waals surface area (Å²) in [6, 6.07) is 29.5. The van der Waals surface area contributed by atoms with Crippen LogP contribution in [0.25, 0.3) is 10.9 Å². The van der Waals surface area contributed by atoms with E-state index in [2.05, 4.69) is 134 Å². The number of fused-ring (bicyclic) bond motifs is 1. The van der Waals surface area contributed by atoms with Crippen LogP contribution in [0.1, 0.15) is 72.2 Å². The van der Waals surface area contributed by atoms with Gasteiger partial charge >= 0.3 is 0 Å². The number of nitrogens with zero attached hydrogens (tertiary/aromatic N) is 3. The summed E-state index contributed by atoms with van der Waals surface area (Å²) in [7, 11) is 0. The maximum absolute atomic E-state index is 5.23. The van der Waals surface area contributed by atoms with Gasteiger partial charge in [0.05, 0.1) is 16.9 Å². The van der Waals surface area contributed by atoms with Gasteiger partial charge in [-0.1, -0.05) is 102 Å². The summed E-state index contributed by atoms with van der Waals surface area (Å²) in [5.41, 5.74) is 8.71. The van der Waals surface area contributed by atoms with Crippen LogP contribution in [-0.2, 0) is 17.3 Å². The molecule has 0 bridgehead atoms. The Bertz CT molecular complexity index is 1410. The number of hydrogen-bond donors (Lipinski definition) is 0. The van der Waals surface area contributed by atoms with Crippen LogP contribution in [0.3, 0.4) is 0 Å². The normalized spacial score (nSPS) is 14.1. The molecule has 0 saturated carbocycles. The van der Waals surface area contributed by atoms with Gasteiger partial charge in [0, 0.05) is 34.8 Å². The minimum atomic E-state index is 0.00452. The molecule has 3 aromatic carbocycles. The molecule has 0 saturated heterocycles. The zero-order valence-corrected chi connectivity index (χ0v) is 24.2. The van der Waals surface area contributed by atoms with E-state index in [0.717, 1.165) is 45.8 Å². The van der Waals surface area contributed by atoms with Gasteiger partial charge in [-0.3, -0.25) is 15.0 Å². The van der Waals surface area contributed by atoms with Crippen molar-refractivity contribution in [2.75, 3.05) is 0 Å². The van der Waals surface area contributed by atoms with E-state index in [1.165, 1.54) is 11.1 Å². The van der Waals surface area contributed by atoms with E-state index < -0.39 is 0 Å². The van der Waals surface area contributed by atoms with Gasteiger partial charge in [-0.05, 0) is 60.1 Å². The number of aromatic nitrogens is 1. The average Bonchev–Trinajstić information content (AvgIpc) is 2.86. The van der Waals surface area contributed by atoms with Crippen molar-refractivity contribution in [2.45, 2.75) is 72.6 Å². The van der Waals surface area contributed by atoms with E-state index in [9.17, 15) is 0 Å². The van der Waals surface area contributed by atoms with Gasteiger partial charge in [-0.2, -0.15) is 0 Å². The molecule has 0 aliphatic rings. The molecule has 3 heteroatoms. The monoisotopic (exact) mass is 503 g/mol. The quantitative estimate of drug-likeness (QED) is 0.241. The molecule has 38 heavy (non-hydrogen) atoms. The molecule has 3 nitrogen and oxygen atoms in total. The van der Waals surface area contributed by atoms with Crippen molar-refractivity contribution >= 4 is 33.7 Å². The predicted octanol–water partition coefficient (Wildman–Crippen LogP) is 9.57. The number of benzene rings is 3. The third-order valence-corrected chi connectivity index (χ3v) is 7.10. The SMILES string of the molecule is CC(=Nc1ccccc1C(C)(C)C)C(Cc1ccc2ccccc2n1)C(C)=Nc1ccccc1C(C)(C)C. The molecule has 4 aromatic rings.